The molecule has 1 aromatic rings. The second-order valence-electron chi connectivity index (χ2n) is 7.03. The molecule has 3 rings (SSSR count). The summed E-state index contributed by atoms with van der Waals surface area (Å²) in [4.78, 5) is 51.5. The molecule has 35 heavy (non-hydrogen) atoms. The van der Waals surface area contributed by atoms with Crippen molar-refractivity contribution in [2.45, 2.75) is 37.1 Å². The molecule has 0 aliphatic carbocycles. The molecule has 1 fully saturated rings. The van der Waals surface area contributed by atoms with Gasteiger partial charge in [0.1, 0.15) is 17.1 Å². The highest BCUT2D eigenvalue weighted by atomic mass is 32.2. The van der Waals surface area contributed by atoms with E-state index in [1.165, 1.54) is 22.9 Å². The van der Waals surface area contributed by atoms with E-state index < -0.39 is 42.1 Å². The summed E-state index contributed by atoms with van der Waals surface area (Å²) in [5, 5.41) is 20.7. The zero-order chi connectivity index (χ0) is 26.7. The van der Waals surface area contributed by atoms with Crippen LogP contribution in [-0.2, 0) is 25.6 Å². The Morgan fingerprint density at radius 2 is 1.80 bits per heavy atom. The van der Waals surface area contributed by atoms with Gasteiger partial charge in [0, 0.05) is 24.4 Å². The van der Waals surface area contributed by atoms with Crippen LogP contribution in [0.5, 0.6) is 0 Å². The Morgan fingerprint density at radius 1 is 1.20 bits per heavy atom. The van der Waals surface area contributed by atoms with Crippen molar-refractivity contribution in [2.75, 3.05) is 17.6 Å². The minimum absolute atomic E-state index is 0.00709. The Kier molecular flexibility index (Phi) is 8.30. The van der Waals surface area contributed by atoms with Crippen LogP contribution in [0.15, 0.2) is 17.5 Å². The molecule has 2 atom stereocenters. The Balaban J connectivity index is 0.000000540. The highest BCUT2D eigenvalue weighted by molar-refractivity contribution is 8.00. The van der Waals surface area contributed by atoms with Crippen LogP contribution >= 0.6 is 11.8 Å². The first-order valence-corrected chi connectivity index (χ1v) is 10.4. The van der Waals surface area contributed by atoms with Crippen molar-refractivity contribution in [1.29, 1.82) is 0 Å². The second kappa shape index (κ2) is 10.4. The first-order chi connectivity index (χ1) is 16.0. The maximum Gasteiger partial charge on any atom is 0.490 e. The Hall–Kier alpha value is -3.44. The summed E-state index contributed by atoms with van der Waals surface area (Å²) in [7, 11) is 0. The molecule has 1 aromatic heterocycles. The summed E-state index contributed by atoms with van der Waals surface area (Å²) >= 11 is 1.43. The van der Waals surface area contributed by atoms with Crippen LogP contribution in [0, 0.1) is 0 Å². The van der Waals surface area contributed by atoms with E-state index in [1.54, 1.807) is 12.2 Å². The summed E-state index contributed by atoms with van der Waals surface area (Å²) < 4.78 is 68.1. The highest BCUT2D eigenvalue weighted by Crippen LogP contribution is 2.41. The summed E-state index contributed by atoms with van der Waals surface area (Å²) in [6.07, 6.45) is -8.55. The van der Waals surface area contributed by atoms with E-state index >= 15 is 0 Å². The number of β-lactam (4-membered cyclic amide) rings is 1. The molecule has 1 unspecified atom stereocenters. The number of thioether (sulfide) groups is 1. The second-order valence-corrected chi connectivity index (χ2v) is 8.13. The minimum Gasteiger partial charge on any atom is -0.477 e. The van der Waals surface area contributed by atoms with Crippen molar-refractivity contribution in [3.63, 3.8) is 0 Å². The number of carboxylic acid groups (broad SMARTS) is 2. The molecule has 18 heteroatoms. The lowest BCUT2D eigenvalue weighted by Crippen LogP contribution is -2.67. The number of halogens is 6. The number of carboxylic acids is 2. The number of fused-ring (bicyclic) bond motifs is 1. The molecule has 1 saturated heterocycles. The minimum atomic E-state index is -5.08. The maximum atomic E-state index is 12.4. The van der Waals surface area contributed by atoms with Gasteiger partial charge in [0.2, 0.25) is 5.95 Å². The van der Waals surface area contributed by atoms with Gasteiger partial charge in [-0.3, -0.25) is 14.5 Å². The predicted octanol–water partition coefficient (Wildman–Crippen LogP) is 1.32. The summed E-state index contributed by atoms with van der Waals surface area (Å²) in [6, 6.07) is -0.670. The molecule has 0 saturated carbocycles. The van der Waals surface area contributed by atoms with Crippen LogP contribution < -0.4 is 10.6 Å². The lowest BCUT2D eigenvalue weighted by atomic mass is 10.0. The van der Waals surface area contributed by atoms with E-state index in [9.17, 15) is 45.8 Å². The molecular formula is C17H17F6N5O6S. The number of H-pyrrole nitrogens is 1. The smallest absolute Gasteiger partial charge is 0.477 e. The SMILES string of the molecule is CC1=C(C(=O)O)N2C(=O)C(Nc3ncc(CCNC(=O)C(F)(F)F)[nH]3)[C@H]2SC1.O=C(O)C(F)(F)F. The molecule has 5 N–H and O–H groups in total. The van der Waals surface area contributed by atoms with Crippen LogP contribution in [0.25, 0.3) is 0 Å². The molecule has 0 aromatic carbocycles. The number of alkyl halides is 6. The van der Waals surface area contributed by atoms with Gasteiger partial charge in [0.25, 0.3) is 5.91 Å². The van der Waals surface area contributed by atoms with Gasteiger partial charge in [-0.05, 0) is 12.5 Å². The average Bonchev–Trinajstić information content (AvgIpc) is 3.18. The molecule has 11 nitrogen and oxygen atoms in total. The van der Waals surface area contributed by atoms with E-state index in [0.29, 0.717) is 17.0 Å². The first kappa shape index (κ1) is 27.8. The van der Waals surface area contributed by atoms with Gasteiger partial charge in [-0.15, -0.1) is 11.8 Å². The van der Waals surface area contributed by atoms with Crippen molar-refractivity contribution >= 4 is 41.5 Å². The number of aliphatic carboxylic acids is 2. The molecule has 0 spiro atoms. The van der Waals surface area contributed by atoms with Crippen molar-refractivity contribution in [3.8, 4) is 0 Å². The fraction of sp³-hybridized carbons (Fsp3) is 0.471. The van der Waals surface area contributed by atoms with Crippen LogP contribution in [0.3, 0.4) is 0 Å². The number of anilines is 1. The van der Waals surface area contributed by atoms with Gasteiger partial charge in [0.05, 0.1) is 6.20 Å². The lowest BCUT2D eigenvalue weighted by molar-refractivity contribution is -0.192. The van der Waals surface area contributed by atoms with E-state index in [4.69, 9.17) is 9.90 Å². The fourth-order valence-corrected chi connectivity index (χ4v) is 4.19. The predicted molar refractivity (Wildman–Crippen MR) is 106 cm³/mol. The number of carbonyl (C=O) groups excluding carboxylic acids is 2. The molecule has 0 radical (unpaired) electrons. The number of nitrogens with zero attached hydrogens (tertiary/aromatic N) is 2. The number of amides is 2. The summed E-state index contributed by atoms with van der Waals surface area (Å²) in [5.41, 5.74) is 1.07. The quantitative estimate of drug-likeness (QED) is 0.268. The average molecular weight is 533 g/mol. The third-order valence-electron chi connectivity index (χ3n) is 4.46. The fourth-order valence-electron chi connectivity index (χ4n) is 2.89. The first-order valence-electron chi connectivity index (χ1n) is 9.37. The van der Waals surface area contributed by atoms with Gasteiger partial charge < -0.3 is 25.8 Å². The number of imidazole rings is 1. The zero-order valence-electron chi connectivity index (χ0n) is 17.5. The summed E-state index contributed by atoms with van der Waals surface area (Å²) in [5.74, 6) is -5.61. The molecule has 0 bridgehead atoms. The van der Waals surface area contributed by atoms with Gasteiger partial charge in [-0.1, -0.05) is 0 Å². The molecule has 2 aliphatic heterocycles. The van der Waals surface area contributed by atoms with Crippen LogP contribution in [0.1, 0.15) is 12.6 Å². The largest absolute Gasteiger partial charge is 0.490 e. The lowest BCUT2D eigenvalue weighted by Gasteiger charge is -2.49. The van der Waals surface area contributed by atoms with Crippen LogP contribution in [0.4, 0.5) is 32.3 Å². The molecular weight excluding hydrogens is 516 g/mol. The Labute approximate surface area is 195 Å². The van der Waals surface area contributed by atoms with Gasteiger partial charge in [-0.2, -0.15) is 26.3 Å². The molecule has 194 valence electrons. The van der Waals surface area contributed by atoms with E-state index in [2.05, 4.69) is 15.3 Å². The molecule has 3 heterocycles. The van der Waals surface area contributed by atoms with Crippen molar-refractivity contribution < 1.29 is 55.7 Å². The normalized spacial score (nSPS) is 19.7. The highest BCUT2D eigenvalue weighted by Gasteiger charge is 2.53. The zero-order valence-corrected chi connectivity index (χ0v) is 18.3. The topological polar surface area (TPSA) is 165 Å². The van der Waals surface area contributed by atoms with Crippen molar-refractivity contribution in [3.05, 3.63) is 23.2 Å². The van der Waals surface area contributed by atoms with E-state index in [1.807, 2.05) is 0 Å². The number of hydrogen-bond donors (Lipinski definition) is 5. The number of nitrogens with one attached hydrogen (secondary N) is 3. The number of rotatable bonds is 6. The third-order valence-corrected chi connectivity index (χ3v) is 5.89. The molecule has 2 amide bonds. The standard InChI is InChI=1S/C15H16F3N5O4S.C2HF3O2/c1-6-5-28-11-8(10(24)23(11)9(6)12(25)26)22-14-20-4-7(21-14)2-3-19-13(27)15(16,17)18;3-2(4,5)1(6)7/h4,8,11H,2-3,5H2,1H3,(H,19,27)(H,25,26)(H2,20,21,22);(H,6,7)/t8?,11-;/m1./s1. The van der Waals surface area contributed by atoms with Crippen molar-refractivity contribution in [1.82, 2.24) is 20.2 Å². The molecule has 2 aliphatic rings. The van der Waals surface area contributed by atoms with E-state index in [-0.39, 0.29) is 30.0 Å². The third kappa shape index (κ3) is 6.80. The van der Waals surface area contributed by atoms with Crippen LogP contribution in [0.2, 0.25) is 0 Å². The van der Waals surface area contributed by atoms with Gasteiger partial charge in [-0.25, -0.2) is 14.6 Å². The van der Waals surface area contributed by atoms with Crippen molar-refractivity contribution in [2.24, 2.45) is 0 Å². The number of aromatic nitrogens is 2. The monoisotopic (exact) mass is 533 g/mol. The van der Waals surface area contributed by atoms with Gasteiger partial charge in [0.15, 0.2) is 0 Å². The Morgan fingerprint density at radius 3 is 2.31 bits per heavy atom. The number of aromatic amines is 1. The summed E-state index contributed by atoms with van der Waals surface area (Å²) in [6.45, 7) is 1.43. The number of carbonyl (C=O) groups is 4. The van der Waals surface area contributed by atoms with Gasteiger partial charge >= 0.3 is 30.2 Å². The Bertz CT molecular complexity index is 1040. The number of hydrogen-bond acceptors (Lipinski definition) is 7. The van der Waals surface area contributed by atoms with E-state index in [0.717, 1.165) is 0 Å². The van der Waals surface area contributed by atoms with Crippen LogP contribution in [-0.4, -0.2) is 84.9 Å². The maximum absolute atomic E-state index is 12.4.